The summed E-state index contributed by atoms with van der Waals surface area (Å²) in [5.41, 5.74) is 5.98. The van der Waals surface area contributed by atoms with Crippen molar-refractivity contribution in [2.75, 3.05) is 0 Å². The second-order valence-electron chi connectivity index (χ2n) is 4.12. The van der Waals surface area contributed by atoms with Crippen molar-refractivity contribution in [3.05, 3.63) is 47.9 Å². The molecule has 0 atom stereocenters. The number of hydrogen-bond acceptors (Lipinski definition) is 3. The fourth-order valence-electron chi connectivity index (χ4n) is 1.93. The Hall–Kier alpha value is -2.16. The zero-order chi connectivity index (χ0) is 11.8. The summed E-state index contributed by atoms with van der Waals surface area (Å²) < 4.78 is 5.19. The Balaban J connectivity index is 2.23. The van der Waals surface area contributed by atoms with Crippen LogP contribution in [-0.2, 0) is 0 Å². The molecule has 0 radical (unpaired) electrons. The van der Waals surface area contributed by atoms with Crippen LogP contribution in [0.15, 0.2) is 41.1 Å². The molecule has 0 saturated heterocycles. The van der Waals surface area contributed by atoms with Gasteiger partial charge in [0, 0.05) is 5.56 Å². The highest BCUT2D eigenvalue weighted by atomic mass is 16.3. The van der Waals surface area contributed by atoms with Gasteiger partial charge in [-0.1, -0.05) is 18.2 Å². The van der Waals surface area contributed by atoms with Gasteiger partial charge in [0.05, 0.1) is 5.69 Å². The van der Waals surface area contributed by atoms with E-state index in [-0.39, 0.29) is 0 Å². The predicted octanol–water partition coefficient (Wildman–Crippen LogP) is 3.51. The van der Waals surface area contributed by atoms with E-state index >= 15 is 0 Å². The predicted molar refractivity (Wildman–Crippen MR) is 66.7 cm³/mol. The van der Waals surface area contributed by atoms with Crippen molar-refractivity contribution in [3.8, 4) is 11.3 Å². The second kappa shape index (κ2) is 3.70. The van der Waals surface area contributed by atoms with E-state index in [0.717, 1.165) is 16.8 Å². The zero-order valence-electron chi connectivity index (χ0n) is 9.77. The third-order valence-corrected chi connectivity index (χ3v) is 3.07. The van der Waals surface area contributed by atoms with Gasteiger partial charge in [-0.05, 0) is 37.1 Å². The molecular formula is C14H12N2O. The van der Waals surface area contributed by atoms with Crippen molar-refractivity contribution in [2.24, 2.45) is 0 Å². The smallest absolute Gasteiger partial charge is 0.199 e. The van der Waals surface area contributed by atoms with Crippen LogP contribution in [-0.4, -0.2) is 9.97 Å². The normalized spacial score (nSPS) is 10.9. The molecule has 0 aliphatic rings. The zero-order valence-corrected chi connectivity index (χ0v) is 9.77. The molecule has 0 N–H and O–H groups in total. The van der Waals surface area contributed by atoms with E-state index in [0.29, 0.717) is 5.65 Å². The molecule has 2 aromatic heterocycles. The van der Waals surface area contributed by atoms with Crippen LogP contribution in [0.5, 0.6) is 0 Å². The Morgan fingerprint density at radius 3 is 2.82 bits per heavy atom. The molecule has 84 valence electrons. The number of nitrogens with zero attached hydrogens (tertiary/aromatic N) is 2. The average molecular weight is 224 g/mol. The number of oxazole rings is 1. The van der Waals surface area contributed by atoms with Crippen molar-refractivity contribution in [1.82, 2.24) is 9.97 Å². The molecule has 3 rings (SSSR count). The summed E-state index contributed by atoms with van der Waals surface area (Å²) in [4.78, 5) is 8.58. The highest BCUT2D eigenvalue weighted by molar-refractivity contribution is 5.74. The molecule has 0 fully saturated rings. The Morgan fingerprint density at radius 1 is 1.06 bits per heavy atom. The first-order valence-corrected chi connectivity index (χ1v) is 5.52. The van der Waals surface area contributed by atoms with Crippen LogP contribution in [0, 0.1) is 13.8 Å². The monoisotopic (exact) mass is 224 g/mol. The molecule has 0 aliphatic carbocycles. The lowest BCUT2D eigenvalue weighted by Gasteiger charge is -2.07. The van der Waals surface area contributed by atoms with Gasteiger partial charge >= 0.3 is 0 Å². The van der Waals surface area contributed by atoms with E-state index in [1.54, 1.807) is 0 Å². The molecule has 0 spiro atoms. The summed E-state index contributed by atoms with van der Waals surface area (Å²) in [6, 6.07) is 10.1. The highest BCUT2D eigenvalue weighted by Crippen LogP contribution is 2.25. The van der Waals surface area contributed by atoms with E-state index < -0.39 is 0 Å². The number of rotatable bonds is 1. The van der Waals surface area contributed by atoms with Gasteiger partial charge in [-0.2, -0.15) is 4.98 Å². The molecule has 3 aromatic rings. The van der Waals surface area contributed by atoms with Gasteiger partial charge in [0.25, 0.3) is 0 Å². The lowest BCUT2D eigenvalue weighted by Crippen LogP contribution is -1.90. The summed E-state index contributed by atoms with van der Waals surface area (Å²) in [6.45, 7) is 4.22. The number of benzene rings is 1. The second-order valence-corrected chi connectivity index (χ2v) is 4.12. The van der Waals surface area contributed by atoms with Crippen LogP contribution in [0.25, 0.3) is 22.5 Å². The first-order chi connectivity index (χ1) is 8.25. The van der Waals surface area contributed by atoms with Crippen molar-refractivity contribution in [1.29, 1.82) is 0 Å². The van der Waals surface area contributed by atoms with Gasteiger partial charge in [-0.25, -0.2) is 4.98 Å². The van der Waals surface area contributed by atoms with Crippen LogP contribution < -0.4 is 0 Å². The fourth-order valence-corrected chi connectivity index (χ4v) is 1.93. The first-order valence-electron chi connectivity index (χ1n) is 5.52. The maximum absolute atomic E-state index is 5.19. The van der Waals surface area contributed by atoms with Crippen molar-refractivity contribution in [3.63, 3.8) is 0 Å². The molecule has 0 amide bonds. The van der Waals surface area contributed by atoms with E-state index in [9.17, 15) is 0 Å². The minimum Gasteiger partial charge on any atom is -0.442 e. The SMILES string of the molecule is Cc1cccc(-c2ccc3ocnc3n2)c1C. The van der Waals surface area contributed by atoms with Crippen molar-refractivity contribution < 1.29 is 4.42 Å². The number of hydrogen-bond donors (Lipinski definition) is 0. The average Bonchev–Trinajstić information content (AvgIpc) is 2.79. The van der Waals surface area contributed by atoms with E-state index in [2.05, 4.69) is 35.9 Å². The van der Waals surface area contributed by atoms with Gasteiger partial charge in [-0.3, -0.25) is 0 Å². The molecule has 3 nitrogen and oxygen atoms in total. The number of pyridine rings is 1. The van der Waals surface area contributed by atoms with Crippen LogP contribution in [0.1, 0.15) is 11.1 Å². The molecule has 0 bridgehead atoms. The number of fused-ring (bicyclic) bond motifs is 1. The Morgan fingerprint density at radius 2 is 1.94 bits per heavy atom. The molecular weight excluding hydrogens is 212 g/mol. The van der Waals surface area contributed by atoms with Gasteiger partial charge < -0.3 is 4.42 Å². The van der Waals surface area contributed by atoms with Crippen LogP contribution in [0.4, 0.5) is 0 Å². The minimum atomic E-state index is 0.656. The first kappa shape index (κ1) is 10.0. The maximum Gasteiger partial charge on any atom is 0.199 e. The molecule has 17 heavy (non-hydrogen) atoms. The van der Waals surface area contributed by atoms with Crippen LogP contribution in [0.2, 0.25) is 0 Å². The summed E-state index contributed by atoms with van der Waals surface area (Å²) >= 11 is 0. The Bertz CT molecular complexity index is 686. The van der Waals surface area contributed by atoms with Crippen LogP contribution >= 0.6 is 0 Å². The van der Waals surface area contributed by atoms with E-state index in [4.69, 9.17) is 4.42 Å². The lowest BCUT2D eigenvalue weighted by molar-refractivity contribution is 0.602. The van der Waals surface area contributed by atoms with Crippen molar-refractivity contribution >= 4 is 11.2 Å². The Kier molecular flexibility index (Phi) is 2.18. The summed E-state index contributed by atoms with van der Waals surface area (Å²) in [6.07, 6.45) is 1.42. The molecule has 0 aliphatic heterocycles. The summed E-state index contributed by atoms with van der Waals surface area (Å²) in [7, 11) is 0. The van der Waals surface area contributed by atoms with Gasteiger partial charge in [0.15, 0.2) is 17.6 Å². The highest BCUT2D eigenvalue weighted by Gasteiger charge is 2.07. The van der Waals surface area contributed by atoms with E-state index in [1.807, 2.05) is 18.2 Å². The third-order valence-electron chi connectivity index (χ3n) is 3.07. The summed E-state index contributed by atoms with van der Waals surface area (Å²) in [5, 5.41) is 0. The summed E-state index contributed by atoms with van der Waals surface area (Å²) in [5.74, 6) is 0. The van der Waals surface area contributed by atoms with Gasteiger partial charge in [0.2, 0.25) is 0 Å². The maximum atomic E-state index is 5.19. The topological polar surface area (TPSA) is 38.9 Å². The largest absolute Gasteiger partial charge is 0.442 e. The molecule has 3 heteroatoms. The van der Waals surface area contributed by atoms with Crippen molar-refractivity contribution in [2.45, 2.75) is 13.8 Å². The van der Waals surface area contributed by atoms with Gasteiger partial charge in [-0.15, -0.1) is 0 Å². The quantitative estimate of drug-likeness (QED) is 0.635. The molecule has 0 unspecified atom stereocenters. The number of aryl methyl sites for hydroxylation is 1. The molecule has 0 saturated carbocycles. The lowest BCUT2D eigenvalue weighted by atomic mass is 10.0. The van der Waals surface area contributed by atoms with Crippen LogP contribution in [0.3, 0.4) is 0 Å². The molecule has 2 heterocycles. The Labute approximate surface area is 99.1 Å². The third kappa shape index (κ3) is 1.60. The number of aromatic nitrogens is 2. The molecule has 1 aromatic carbocycles. The van der Waals surface area contributed by atoms with E-state index in [1.165, 1.54) is 17.5 Å². The fraction of sp³-hybridized carbons (Fsp3) is 0.143. The van der Waals surface area contributed by atoms with Gasteiger partial charge in [0.1, 0.15) is 0 Å². The standard InChI is InChI=1S/C14H12N2O/c1-9-4-3-5-11(10(9)2)12-6-7-13-14(16-12)15-8-17-13/h3-8H,1-2H3. The minimum absolute atomic E-state index is 0.656.